The first-order valence-corrected chi connectivity index (χ1v) is 7.57. The highest BCUT2D eigenvalue weighted by atomic mass is 16.4. The largest absolute Gasteiger partial charge is 0.478 e. The molecule has 0 fully saturated rings. The Morgan fingerprint density at radius 3 is 2.60 bits per heavy atom. The zero-order chi connectivity index (χ0) is 17.4. The molecule has 1 N–H and O–H groups in total. The molecule has 0 bridgehead atoms. The molecule has 1 aromatic carbocycles. The minimum absolute atomic E-state index is 0.0316. The standard InChI is InChI=1S/C18H13N3O4/c22-17-14-10-20(9-13-7-4-8-25-13)11-15(18(23)24)16(14)19-21(17)12-5-2-1-3-6-12/h1-8,10-11H,9H2,(H,23,24). The molecule has 0 amide bonds. The van der Waals surface area contributed by atoms with Gasteiger partial charge in [-0.25, -0.2) is 4.79 Å². The van der Waals surface area contributed by atoms with Crippen molar-refractivity contribution in [2.24, 2.45) is 0 Å². The molecule has 7 nitrogen and oxygen atoms in total. The molecule has 2 aliphatic heterocycles. The van der Waals surface area contributed by atoms with Crippen LogP contribution in [-0.2, 0) is 6.54 Å². The highest BCUT2D eigenvalue weighted by molar-refractivity contribution is 5.94. The van der Waals surface area contributed by atoms with Gasteiger partial charge in [0.15, 0.2) is 0 Å². The molecule has 1 aromatic heterocycles. The van der Waals surface area contributed by atoms with E-state index in [0.717, 1.165) is 0 Å². The fourth-order valence-electron chi connectivity index (χ4n) is 2.73. The second-order valence-electron chi connectivity index (χ2n) is 5.54. The van der Waals surface area contributed by atoms with Crippen molar-refractivity contribution >= 4 is 5.97 Å². The number of carboxylic acids is 1. The van der Waals surface area contributed by atoms with Crippen molar-refractivity contribution in [2.45, 2.75) is 6.54 Å². The predicted octanol–water partition coefficient (Wildman–Crippen LogP) is 2.48. The molecule has 124 valence electrons. The van der Waals surface area contributed by atoms with Crippen molar-refractivity contribution in [1.82, 2.24) is 14.3 Å². The van der Waals surface area contributed by atoms with Crippen molar-refractivity contribution in [2.75, 3.05) is 0 Å². The number of carbonyl (C=O) groups is 1. The van der Waals surface area contributed by atoms with Crippen LogP contribution in [0.4, 0.5) is 0 Å². The Bertz CT molecular complexity index is 1060. The van der Waals surface area contributed by atoms with Crippen LogP contribution in [0.1, 0.15) is 16.1 Å². The summed E-state index contributed by atoms with van der Waals surface area (Å²) in [6.07, 6.45) is 4.59. The van der Waals surface area contributed by atoms with Crippen LogP contribution in [0.15, 0.2) is 70.3 Å². The Hall–Kier alpha value is -3.61. The number of carboxylic acid groups (broad SMARTS) is 1. The quantitative estimate of drug-likeness (QED) is 0.619. The van der Waals surface area contributed by atoms with E-state index in [2.05, 4.69) is 5.10 Å². The molecule has 2 aliphatic rings. The van der Waals surface area contributed by atoms with Crippen LogP contribution in [0, 0.1) is 0 Å². The monoisotopic (exact) mass is 335 g/mol. The summed E-state index contributed by atoms with van der Waals surface area (Å²) in [6.45, 7) is 0.319. The first kappa shape index (κ1) is 14.9. The second kappa shape index (κ2) is 5.79. The van der Waals surface area contributed by atoms with Gasteiger partial charge < -0.3 is 14.1 Å². The maximum absolute atomic E-state index is 12.7. The Balaban J connectivity index is 1.91. The minimum Gasteiger partial charge on any atom is -0.478 e. The number of rotatable bonds is 4. The number of aromatic nitrogens is 3. The molecule has 4 rings (SSSR count). The molecule has 0 aliphatic carbocycles. The number of hydrogen-bond acceptors (Lipinski definition) is 4. The minimum atomic E-state index is -1.14. The van der Waals surface area contributed by atoms with Crippen molar-refractivity contribution in [3.8, 4) is 16.9 Å². The van der Waals surface area contributed by atoms with Gasteiger partial charge in [-0.05, 0) is 24.3 Å². The number of pyridine rings is 1. The van der Waals surface area contributed by atoms with Crippen LogP contribution < -0.4 is 5.56 Å². The van der Waals surface area contributed by atoms with Crippen molar-refractivity contribution in [3.63, 3.8) is 0 Å². The van der Waals surface area contributed by atoms with Crippen LogP contribution in [0.2, 0.25) is 0 Å². The number of fused-ring (bicyclic) bond motifs is 1. The highest BCUT2D eigenvalue weighted by Crippen LogP contribution is 2.22. The molecule has 0 unspecified atom stereocenters. The van der Waals surface area contributed by atoms with E-state index in [0.29, 0.717) is 18.0 Å². The molecular formula is C18H13N3O4. The van der Waals surface area contributed by atoms with Gasteiger partial charge in [0, 0.05) is 12.4 Å². The Morgan fingerprint density at radius 1 is 1.12 bits per heavy atom. The van der Waals surface area contributed by atoms with Gasteiger partial charge in [-0.1, -0.05) is 18.2 Å². The number of aromatic carboxylic acids is 1. The van der Waals surface area contributed by atoms with E-state index in [9.17, 15) is 14.7 Å². The molecule has 0 spiro atoms. The molecule has 25 heavy (non-hydrogen) atoms. The Morgan fingerprint density at radius 2 is 1.92 bits per heavy atom. The molecule has 0 saturated heterocycles. The Labute approximate surface area is 141 Å². The molecule has 0 radical (unpaired) electrons. The molecule has 0 saturated carbocycles. The van der Waals surface area contributed by atoms with E-state index >= 15 is 0 Å². The lowest BCUT2D eigenvalue weighted by Crippen LogP contribution is -2.15. The van der Waals surface area contributed by atoms with E-state index in [1.807, 2.05) is 6.07 Å². The number of furan rings is 1. The zero-order valence-electron chi connectivity index (χ0n) is 13.0. The average molecular weight is 335 g/mol. The summed E-state index contributed by atoms with van der Waals surface area (Å²) in [4.78, 5) is 24.4. The average Bonchev–Trinajstić information content (AvgIpc) is 3.24. The maximum Gasteiger partial charge on any atom is 0.339 e. The van der Waals surface area contributed by atoms with Crippen LogP contribution in [-0.4, -0.2) is 25.4 Å². The van der Waals surface area contributed by atoms with Crippen molar-refractivity contribution in [3.05, 3.63) is 82.8 Å². The van der Waals surface area contributed by atoms with Crippen LogP contribution in [0.5, 0.6) is 0 Å². The maximum atomic E-state index is 12.7. The normalized spacial score (nSPS) is 11.0. The lowest BCUT2D eigenvalue weighted by molar-refractivity contribution is 0.0696. The topological polar surface area (TPSA) is 90.3 Å². The number of hydrogen-bond donors (Lipinski definition) is 1. The first-order valence-electron chi connectivity index (χ1n) is 7.57. The summed E-state index contributed by atoms with van der Waals surface area (Å²) in [5, 5.41) is 13.7. The van der Waals surface area contributed by atoms with Gasteiger partial charge in [0.05, 0.1) is 24.1 Å². The third kappa shape index (κ3) is 2.61. The summed E-state index contributed by atoms with van der Waals surface area (Å²) in [5.74, 6) is -0.486. The van der Waals surface area contributed by atoms with E-state index < -0.39 is 5.97 Å². The van der Waals surface area contributed by atoms with Gasteiger partial charge in [0.1, 0.15) is 17.0 Å². The summed E-state index contributed by atoms with van der Waals surface area (Å²) >= 11 is 0. The van der Waals surface area contributed by atoms with Crippen molar-refractivity contribution < 1.29 is 14.3 Å². The van der Waals surface area contributed by atoms with Gasteiger partial charge >= 0.3 is 5.97 Å². The van der Waals surface area contributed by atoms with Crippen LogP contribution >= 0.6 is 0 Å². The third-order valence-electron chi connectivity index (χ3n) is 3.87. The van der Waals surface area contributed by atoms with Gasteiger partial charge in [-0.2, -0.15) is 9.78 Å². The van der Waals surface area contributed by atoms with Gasteiger partial charge in [-0.15, -0.1) is 0 Å². The number of para-hydroxylation sites is 1. The van der Waals surface area contributed by atoms with E-state index in [1.54, 1.807) is 53.4 Å². The fraction of sp³-hybridized carbons (Fsp3) is 0.0556. The zero-order valence-corrected chi connectivity index (χ0v) is 13.0. The van der Waals surface area contributed by atoms with Gasteiger partial charge in [0.25, 0.3) is 5.56 Å². The summed E-state index contributed by atoms with van der Waals surface area (Å²) in [5.41, 5.74) is 0.596. The van der Waals surface area contributed by atoms with Crippen LogP contribution in [0.25, 0.3) is 16.9 Å². The molecular weight excluding hydrogens is 322 g/mol. The smallest absolute Gasteiger partial charge is 0.339 e. The van der Waals surface area contributed by atoms with Crippen LogP contribution in [0.3, 0.4) is 0 Å². The SMILES string of the molecule is O=C(O)c1cn(Cc2ccco2)cc2c(=O)n(-c3ccccc3)nc1-2. The molecule has 2 aromatic rings. The summed E-state index contributed by atoms with van der Waals surface area (Å²) < 4.78 is 8.12. The number of benzene rings is 1. The summed E-state index contributed by atoms with van der Waals surface area (Å²) in [7, 11) is 0. The van der Waals surface area contributed by atoms with E-state index in [1.165, 1.54) is 10.9 Å². The third-order valence-corrected chi connectivity index (χ3v) is 3.87. The van der Waals surface area contributed by atoms with E-state index in [4.69, 9.17) is 4.42 Å². The fourth-order valence-corrected chi connectivity index (χ4v) is 2.73. The van der Waals surface area contributed by atoms with Crippen molar-refractivity contribution in [1.29, 1.82) is 0 Å². The molecule has 7 heteroatoms. The molecule has 0 atom stereocenters. The summed E-state index contributed by atoms with van der Waals surface area (Å²) in [6, 6.07) is 12.4. The Kier molecular flexibility index (Phi) is 3.46. The second-order valence-corrected chi connectivity index (χ2v) is 5.54. The van der Waals surface area contributed by atoms with E-state index in [-0.39, 0.29) is 22.4 Å². The highest BCUT2D eigenvalue weighted by Gasteiger charge is 2.24. The number of nitrogens with zero attached hydrogens (tertiary/aromatic N) is 3. The van der Waals surface area contributed by atoms with Gasteiger partial charge in [0.2, 0.25) is 0 Å². The molecule has 3 heterocycles. The lowest BCUT2D eigenvalue weighted by Gasteiger charge is -2.09. The first-order chi connectivity index (χ1) is 12.1. The lowest BCUT2D eigenvalue weighted by atomic mass is 10.1. The van der Waals surface area contributed by atoms with Gasteiger partial charge in [-0.3, -0.25) is 4.79 Å². The predicted molar refractivity (Wildman–Crippen MR) is 89.2 cm³/mol.